The van der Waals surface area contributed by atoms with Crippen molar-refractivity contribution in [1.29, 1.82) is 0 Å². The molecule has 152 valence electrons. The van der Waals surface area contributed by atoms with Crippen molar-refractivity contribution in [2.45, 2.75) is 24.1 Å². The van der Waals surface area contributed by atoms with E-state index in [1.807, 2.05) is 48.5 Å². The zero-order valence-electron chi connectivity index (χ0n) is 16.3. The Morgan fingerprint density at radius 2 is 1.62 bits per heavy atom. The van der Waals surface area contributed by atoms with Gasteiger partial charge in [0.1, 0.15) is 11.5 Å². The summed E-state index contributed by atoms with van der Waals surface area (Å²) in [5, 5.41) is 1.61. The van der Waals surface area contributed by atoms with E-state index in [9.17, 15) is 14.4 Å². The number of nitrogens with zero attached hydrogens (tertiary/aromatic N) is 1. The summed E-state index contributed by atoms with van der Waals surface area (Å²) in [5.74, 6) is 0.988. The first-order valence-electron chi connectivity index (χ1n) is 9.16. The number of nitrogens with two attached hydrogens (primary N) is 1. The molecule has 2 atom stereocenters. The second-order valence-electron chi connectivity index (χ2n) is 7.02. The van der Waals surface area contributed by atoms with Crippen LogP contribution in [0.25, 0.3) is 0 Å². The molecule has 0 saturated carbocycles. The Bertz CT molecular complexity index is 897. The van der Waals surface area contributed by atoms with Crippen LogP contribution < -0.4 is 15.8 Å². The van der Waals surface area contributed by atoms with Gasteiger partial charge >= 0.3 is 0 Å². The van der Waals surface area contributed by atoms with Crippen molar-refractivity contribution in [3.8, 4) is 11.5 Å². The van der Waals surface area contributed by atoms with E-state index >= 15 is 0 Å². The van der Waals surface area contributed by atoms with Gasteiger partial charge in [-0.15, -0.1) is 0 Å². The lowest BCUT2D eigenvalue weighted by Crippen LogP contribution is -2.41. The quantitative estimate of drug-likeness (QED) is 0.722. The highest BCUT2D eigenvalue weighted by Crippen LogP contribution is 2.26. The highest BCUT2D eigenvalue weighted by molar-refractivity contribution is 8.15. The Morgan fingerprint density at radius 3 is 2.10 bits per heavy atom. The number of likely N-dealkylation sites (N-methyl/N-ethyl adjacent to an activating group) is 1. The molecule has 3 amide bonds. The Kier molecular flexibility index (Phi) is 6.56. The van der Waals surface area contributed by atoms with Crippen LogP contribution in [0, 0.1) is 0 Å². The fourth-order valence-corrected chi connectivity index (χ4v) is 3.80. The van der Waals surface area contributed by atoms with E-state index in [1.165, 1.54) is 4.90 Å². The van der Waals surface area contributed by atoms with Gasteiger partial charge in [-0.2, -0.15) is 0 Å². The summed E-state index contributed by atoms with van der Waals surface area (Å²) >= 11 is 1.02. The summed E-state index contributed by atoms with van der Waals surface area (Å²) in [6, 6.07) is 14.3. The van der Waals surface area contributed by atoms with Gasteiger partial charge in [0, 0.05) is 14.1 Å². The van der Waals surface area contributed by atoms with Crippen LogP contribution in [0.4, 0.5) is 4.79 Å². The Labute approximate surface area is 173 Å². The molecule has 3 N–H and O–H groups in total. The maximum absolute atomic E-state index is 11.9. The minimum Gasteiger partial charge on any atom is -0.457 e. The van der Waals surface area contributed by atoms with Crippen molar-refractivity contribution in [2.24, 2.45) is 5.73 Å². The first kappa shape index (κ1) is 20.9. The van der Waals surface area contributed by atoms with Gasteiger partial charge in [0.25, 0.3) is 5.24 Å². The van der Waals surface area contributed by atoms with Crippen LogP contribution in [-0.4, -0.2) is 47.3 Å². The molecular formula is C21H23N3O4S. The number of ether oxygens (including phenoxy) is 1. The van der Waals surface area contributed by atoms with Crippen molar-refractivity contribution < 1.29 is 19.1 Å². The van der Waals surface area contributed by atoms with Gasteiger partial charge in [-0.3, -0.25) is 19.7 Å². The fraction of sp³-hybridized carbons (Fsp3) is 0.286. The first-order chi connectivity index (χ1) is 13.8. The monoisotopic (exact) mass is 413 g/mol. The van der Waals surface area contributed by atoms with E-state index in [0.29, 0.717) is 24.3 Å². The third-order valence-corrected chi connectivity index (χ3v) is 5.47. The van der Waals surface area contributed by atoms with Gasteiger partial charge in [0.15, 0.2) is 0 Å². The van der Waals surface area contributed by atoms with Gasteiger partial charge in [-0.1, -0.05) is 36.0 Å². The maximum atomic E-state index is 11.9. The number of hydrogen-bond donors (Lipinski definition) is 2. The van der Waals surface area contributed by atoms with Crippen LogP contribution >= 0.6 is 11.8 Å². The standard InChI is InChI=1S/C21H23N3O4S/c1-24(2)20(26)17(22)11-13-3-7-15(8-4-13)28-16-9-5-14(6-10-16)12-18-19(25)23-21(27)29-18/h3-10,17-18H,11-12,22H2,1-2H3,(H,23,25,27)/t17-,18?/m0/s1. The highest BCUT2D eigenvalue weighted by atomic mass is 32.2. The van der Waals surface area contributed by atoms with Gasteiger partial charge in [-0.25, -0.2) is 0 Å². The molecule has 0 aromatic heterocycles. The van der Waals surface area contributed by atoms with E-state index < -0.39 is 6.04 Å². The molecule has 0 aliphatic carbocycles. The lowest BCUT2D eigenvalue weighted by atomic mass is 10.1. The Hall–Kier alpha value is -2.84. The number of carbonyl (C=O) groups is 3. The number of imide groups is 1. The van der Waals surface area contributed by atoms with Crippen molar-refractivity contribution >= 4 is 28.8 Å². The molecule has 3 rings (SSSR count). The number of benzene rings is 2. The van der Waals surface area contributed by atoms with Crippen molar-refractivity contribution in [1.82, 2.24) is 10.2 Å². The van der Waals surface area contributed by atoms with Gasteiger partial charge in [-0.05, 0) is 48.2 Å². The van der Waals surface area contributed by atoms with E-state index in [-0.39, 0.29) is 22.3 Å². The molecule has 2 aromatic carbocycles. The zero-order chi connectivity index (χ0) is 21.0. The SMILES string of the molecule is CN(C)C(=O)[C@@H](N)Cc1ccc(Oc2ccc(CC3SC(=O)NC3=O)cc2)cc1. The van der Waals surface area contributed by atoms with E-state index in [2.05, 4.69) is 5.32 Å². The molecule has 0 radical (unpaired) electrons. The normalized spacial score (nSPS) is 17.0. The first-order valence-corrected chi connectivity index (χ1v) is 10.0. The summed E-state index contributed by atoms with van der Waals surface area (Å²) in [7, 11) is 3.37. The number of hydrogen-bond acceptors (Lipinski definition) is 6. The largest absolute Gasteiger partial charge is 0.457 e. The molecule has 0 bridgehead atoms. The van der Waals surface area contributed by atoms with Crippen LogP contribution in [0.15, 0.2) is 48.5 Å². The van der Waals surface area contributed by atoms with Crippen molar-refractivity contribution in [3.05, 3.63) is 59.7 Å². The molecule has 7 nitrogen and oxygen atoms in total. The second kappa shape index (κ2) is 9.11. The lowest BCUT2D eigenvalue weighted by molar-refractivity contribution is -0.130. The minimum absolute atomic E-state index is 0.108. The molecular weight excluding hydrogens is 390 g/mol. The predicted molar refractivity (Wildman–Crippen MR) is 112 cm³/mol. The molecule has 1 saturated heterocycles. The summed E-state index contributed by atoms with van der Waals surface area (Å²) in [6.07, 6.45) is 0.949. The molecule has 1 aliphatic heterocycles. The number of nitrogens with one attached hydrogen (secondary N) is 1. The third-order valence-electron chi connectivity index (χ3n) is 4.48. The maximum Gasteiger partial charge on any atom is 0.286 e. The molecule has 0 spiro atoms. The molecule has 1 aliphatic rings. The van der Waals surface area contributed by atoms with Crippen LogP contribution in [0.2, 0.25) is 0 Å². The molecule has 1 heterocycles. The summed E-state index contributed by atoms with van der Waals surface area (Å²) < 4.78 is 5.84. The number of rotatable bonds is 7. The molecule has 1 unspecified atom stereocenters. The Balaban J connectivity index is 1.55. The number of amides is 3. The second-order valence-corrected chi connectivity index (χ2v) is 8.20. The zero-order valence-corrected chi connectivity index (χ0v) is 17.1. The van der Waals surface area contributed by atoms with E-state index in [1.54, 1.807) is 14.1 Å². The molecule has 2 aromatic rings. The topological polar surface area (TPSA) is 102 Å². The molecule has 29 heavy (non-hydrogen) atoms. The third kappa shape index (κ3) is 5.58. The smallest absolute Gasteiger partial charge is 0.286 e. The van der Waals surface area contributed by atoms with Crippen molar-refractivity contribution in [2.75, 3.05) is 14.1 Å². The van der Waals surface area contributed by atoms with Gasteiger partial charge in [0.05, 0.1) is 11.3 Å². The lowest BCUT2D eigenvalue weighted by Gasteiger charge is -2.16. The average molecular weight is 413 g/mol. The van der Waals surface area contributed by atoms with Crippen LogP contribution in [-0.2, 0) is 22.4 Å². The van der Waals surface area contributed by atoms with Crippen LogP contribution in [0.1, 0.15) is 11.1 Å². The number of thioether (sulfide) groups is 1. The van der Waals surface area contributed by atoms with Gasteiger partial charge < -0.3 is 15.4 Å². The number of carbonyl (C=O) groups excluding carboxylic acids is 3. The van der Waals surface area contributed by atoms with Crippen LogP contribution in [0.5, 0.6) is 11.5 Å². The van der Waals surface area contributed by atoms with E-state index in [0.717, 1.165) is 22.9 Å². The molecule has 8 heteroatoms. The summed E-state index contributed by atoms with van der Waals surface area (Å²) in [4.78, 5) is 36.2. The fourth-order valence-electron chi connectivity index (χ4n) is 2.94. The summed E-state index contributed by atoms with van der Waals surface area (Å²) in [6.45, 7) is 0. The van der Waals surface area contributed by atoms with Crippen molar-refractivity contribution in [3.63, 3.8) is 0 Å². The molecule has 1 fully saturated rings. The minimum atomic E-state index is -0.570. The predicted octanol–water partition coefficient (Wildman–Crippen LogP) is 2.33. The van der Waals surface area contributed by atoms with Crippen LogP contribution in [0.3, 0.4) is 0 Å². The summed E-state index contributed by atoms with van der Waals surface area (Å²) in [5.41, 5.74) is 7.84. The van der Waals surface area contributed by atoms with Gasteiger partial charge in [0.2, 0.25) is 11.8 Å². The Morgan fingerprint density at radius 1 is 1.07 bits per heavy atom. The average Bonchev–Trinajstić information content (AvgIpc) is 3.01. The highest BCUT2D eigenvalue weighted by Gasteiger charge is 2.31. The van der Waals surface area contributed by atoms with E-state index in [4.69, 9.17) is 10.5 Å².